The molecule has 6 heteroatoms. The lowest BCUT2D eigenvalue weighted by molar-refractivity contribution is 0.466. The molecule has 0 amide bonds. The molecule has 3 aromatic rings. The maximum Gasteiger partial charge on any atom is 0.213 e. The van der Waals surface area contributed by atoms with E-state index in [0.717, 1.165) is 33.1 Å². The van der Waals surface area contributed by atoms with Crippen LogP contribution in [0.4, 0.5) is 11.4 Å². The van der Waals surface area contributed by atoms with E-state index in [1.54, 1.807) is 17.5 Å². The molecule has 0 spiro atoms. The minimum absolute atomic E-state index is 0.513. The minimum Gasteiger partial charge on any atom is -0.444 e. The van der Waals surface area contributed by atoms with Gasteiger partial charge in [-0.15, -0.1) is 11.3 Å². The first-order valence-corrected chi connectivity index (χ1v) is 7.31. The van der Waals surface area contributed by atoms with Crippen molar-refractivity contribution in [2.75, 3.05) is 11.1 Å². The summed E-state index contributed by atoms with van der Waals surface area (Å²) in [7, 11) is 0. The molecule has 20 heavy (non-hydrogen) atoms. The van der Waals surface area contributed by atoms with Gasteiger partial charge in [-0.05, 0) is 19.1 Å². The summed E-state index contributed by atoms with van der Waals surface area (Å²) in [6.45, 7) is 4.54. The minimum atomic E-state index is 0.513. The average molecular weight is 288 g/mol. The van der Waals surface area contributed by atoms with Gasteiger partial charge in [-0.2, -0.15) is 0 Å². The Kier molecular flexibility index (Phi) is 3.31. The zero-order valence-electron chi connectivity index (χ0n) is 11.4. The average Bonchev–Trinajstić information content (AvgIpc) is 3.01. The third kappa shape index (κ3) is 2.46. The Bertz CT molecular complexity index is 747. The van der Waals surface area contributed by atoms with Crippen molar-refractivity contribution in [3.05, 3.63) is 35.0 Å². The lowest BCUT2D eigenvalue weighted by Gasteiger charge is -2.07. The fourth-order valence-electron chi connectivity index (χ4n) is 2.02. The third-order valence-electron chi connectivity index (χ3n) is 3.05. The summed E-state index contributed by atoms with van der Waals surface area (Å²) in [6, 6.07) is 3.92. The SMILES string of the molecule is CCc1cnc(CNc2cc3nc(C)sc3cc2N)o1. The van der Waals surface area contributed by atoms with E-state index >= 15 is 0 Å². The number of nitrogens with two attached hydrogens (primary N) is 1. The predicted octanol–water partition coefficient (Wildman–Crippen LogP) is 3.35. The lowest BCUT2D eigenvalue weighted by Crippen LogP contribution is -2.02. The van der Waals surface area contributed by atoms with Crippen LogP contribution in [0.25, 0.3) is 10.2 Å². The summed E-state index contributed by atoms with van der Waals surface area (Å²) in [4.78, 5) is 8.69. The van der Waals surface area contributed by atoms with E-state index < -0.39 is 0 Å². The van der Waals surface area contributed by atoms with Crippen molar-refractivity contribution in [3.63, 3.8) is 0 Å². The van der Waals surface area contributed by atoms with E-state index in [2.05, 4.69) is 15.3 Å². The van der Waals surface area contributed by atoms with Crippen molar-refractivity contribution in [1.29, 1.82) is 0 Å². The molecule has 2 heterocycles. The van der Waals surface area contributed by atoms with Gasteiger partial charge in [0.05, 0.1) is 39.3 Å². The van der Waals surface area contributed by atoms with E-state index in [1.807, 2.05) is 26.0 Å². The predicted molar refractivity (Wildman–Crippen MR) is 82.0 cm³/mol. The van der Waals surface area contributed by atoms with E-state index in [-0.39, 0.29) is 0 Å². The number of nitrogen functional groups attached to an aromatic ring is 1. The van der Waals surface area contributed by atoms with Crippen LogP contribution in [0.15, 0.2) is 22.7 Å². The van der Waals surface area contributed by atoms with E-state index in [0.29, 0.717) is 18.1 Å². The summed E-state index contributed by atoms with van der Waals surface area (Å²) in [5, 5.41) is 4.29. The van der Waals surface area contributed by atoms with Crippen LogP contribution in [0, 0.1) is 6.92 Å². The molecule has 0 atom stereocenters. The molecule has 0 saturated heterocycles. The number of aryl methyl sites for hydroxylation is 2. The topological polar surface area (TPSA) is 77.0 Å². The molecule has 0 saturated carbocycles. The van der Waals surface area contributed by atoms with Gasteiger partial charge in [0.1, 0.15) is 5.76 Å². The quantitative estimate of drug-likeness (QED) is 0.720. The smallest absolute Gasteiger partial charge is 0.213 e. The van der Waals surface area contributed by atoms with Crippen molar-refractivity contribution in [2.24, 2.45) is 0 Å². The maximum absolute atomic E-state index is 6.06. The number of rotatable bonds is 4. The molecule has 1 aromatic carbocycles. The summed E-state index contributed by atoms with van der Waals surface area (Å²) in [5.41, 5.74) is 8.59. The van der Waals surface area contributed by atoms with Gasteiger partial charge in [0.15, 0.2) is 0 Å². The highest BCUT2D eigenvalue weighted by Gasteiger charge is 2.08. The summed E-state index contributed by atoms with van der Waals surface area (Å²) >= 11 is 1.65. The Morgan fingerprint density at radius 1 is 1.40 bits per heavy atom. The largest absolute Gasteiger partial charge is 0.444 e. The number of nitrogens with zero attached hydrogens (tertiary/aromatic N) is 2. The Balaban J connectivity index is 1.81. The standard InChI is InChI=1S/C14H16N4OS/c1-3-9-6-17-14(19-9)7-16-11-5-12-13(4-10(11)15)20-8(2)18-12/h4-6,16H,3,7,15H2,1-2H3. The van der Waals surface area contributed by atoms with E-state index in [9.17, 15) is 0 Å². The fourth-order valence-corrected chi connectivity index (χ4v) is 2.88. The number of hydrogen-bond acceptors (Lipinski definition) is 6. The van der Waals surface area contributed by atoms with Crippen LogP contribution in [0.2, 0.25) is 0 Å². The molecular weight excluding hydrogens is 272 g/mol. The first kappa shape index (κ1) is 12.9. The first-order chi connectivity index (χ1) is 9.65. The molecular formula is C14H16N4OS. The van der Waals surface area contributed by atoms with E-state index in [1.165, 1.54) is 0 Å². The van der Waals surface area contributed by atoms with Crippen molar-refractivity contribution in [2.45, 2.75) is 26.8 Å². The monoisotopic (exact) mass is 288 g/mol. The first-order valence-electron chi connectivity index (χ1n) is 6.50. The summed E-state index contributed by atoms with van der Waals surface area (Å²) < 4.78 is 6.66. The molecule has 0 fully saturated rings. The number of anilines is 2. The van der Waals surface area contributed by atoms with Gasteiger partial charge in [-0.25, -0.2) is 9.97 Å². The molecule has 0 bridgehead atoms. The Hall–Kier alpha value is -2.08. The van der Waals surface area contributed by atoms with Gasteiger partial charge < -0.3 is 15.5 Å². The number of thiazole rings is 1. The number of fused-ring (bicyclic) bond motifs is 1. The van der Waals surface area contributed by atoms with E-state index in [4.69, 9.17) is 10.2 Å². The molecule has 3 rings (SSSR count). The third-order valence-corrected chi connectivity index (χ3v) is 3.98. The van der Waals surface area contributed by atoms with Crippen LogP contribution < -0.4 is 11.1 Å². The van der Waals surface area contributed by atoms with Gasteiger partial charge in [0.2, 0.25) is 5.89 Å². The summed E-state index contributed by atoms with van der Waals surface area (Å²) in [6.07, 6.45) is 2.60. The molecule has 3 N–H and O–H groups in total. The fraction of sp³-hybridized carbons (Fsp3) is 0.286. The van der Waals surface area contributed by atoms with Gasteiger partial charge in [-0.3, -0.25) is 0 Å². The molecule has 104 valence electrons. The molecule has 0 aliphatic carbocycles. The highest BCUT2D eigenvalue weighted by molar-refractivity contribution is 7.18. The number of benzene rings is 1. The zero-order valence-corrected chi connectivity index (χ0v) is 12.3. The second kappa shape index (κ2) is 5.13. The van der Waals surface area contributed by atoms with Crippen LogP contribution in [0.5, 0.6) is 0 Å². The van der Waals surface area contributed by atoms with Gasteiger partial charge in [-0.1, -0.05) is 6.92 Å². The summed E-state index contributed by atoms with van der Waals surface area (Å²) in [5.74, 6) is 1.55. The second-order valence-corrected chi connectivity index (χ2v) is 5.80. The van der Waals surface area contributed by atoms with Crippen LogP contribution in [0.1, 0.15) is 23.6 Å². The zero-order chi connectivity index (χ0) is 14.1. The molecule has 0 aliphatic rings. The number of nitrogens with one attached hydrogen (secondary N) is 1. The number of aromatic nitrogens is 2. The molecule has 0 radical (unpaired) electrons. The van der Waals surface area contributed by atoms with Crippen molar-refractivity contribution in [3.8, 4) is 0 Å². The Morgan fingerprint density at radius 3 is 3.00 bits per heavy atom. The van der Waals surface area contributed by atoms with Crippen LogP contribution in [0.3, 0.4) is 0 Å². The van der Waals surface area contributed by atoms with Gasteiger partial charge >= 0.3 is 0 Å². The highest BCUT2D eigenvalue weighted by Crippen LogP contribution is 2.29. The maximum atomic E-state index is 6.06. The molecule has 2 aromatic heterocycles. The van der Waals surface area contributed by atoms with Crippen LogP contribution in [-0.4, -0.2) is 9.97 Å². The van der Waals surface area contributed by atoms with Gasteiger partial charge in [0.25, 0.3) is 0 Å². The van der Waals surface area contributed by atoms with Crippen molar-refractivity contribution >= 4 is 32.9 Å². The highest BCUT2D eigenvalue weighted by atomic mass is 32.1. The van der Waals surface area contributed by atoms with Crippen LogP contribution in [-0.2, 0) is 13.0 Å². The lowest BCUT2D eigenvalue weighted by atomic mass is 10.2. The Morgan fingerprint density at radius 2 is 2.25 bits per heavy atom. The molecule has 5 nitrogen and oxygen atoms in total. The molecule has 0 aliphatic heterocycles. The normalized spacial score (nSPS) is 11.1. The van der Waals surface area contributed by atoms with Crippen LogP contribution >= 0.6 is 11.3 Å². The second-order valence-electron chi connectivity index (χ2n) is 4.57. The Labute approximate surface area is 120 Å². The number of oxazole rings is 1. The van der Waals surface area contributed by atoms with Gasteiger partial charge in [0, 0.05) is 6.42 Å². The van der Waals surface area contributed by atoms with Crippen molar-refractivity contribution < 1.29 is 4.42 Å². The number of hydrogen-bond donors (Lipinski definition) is 2. The molecule has 0 unspecified atom stereocenters. The van der Waals surface area contributed by atoms with Crippen molar-refractivity contribution in [1.82, 2.24) is 9.97 Å².